The van der Waals surface area contributed by atoms with Crippen LogP contribution in [0.3, 0.4) is 0 Å². The number of thiol groups is 1. The molecule has 0 spiro atoms. The number of benzene rings is 1. The van der Waals surface area contributed by atoms with Crippen LogP contribution in [0, 0.1) is 0 Å². The first-order valence-corrected chi connectivity index (χ1v) is 5.74. The van der Waals surface area contributed by atoms with E-state index in [0.717, 1.165) is 4.90 Å². The van der Waals surface area contributed by atoms with Gasteiger partial charge in [-0.2, -0.15) is 0 Å². The van der Waals surface area contributed by atoms with E-state index in [-0.39, 0.29) is 0 Å². The van der Waals surface area contributed by atoms with Crippen molar-refractivity contribution in [1.29, 1.82) is 0 Å². The Morgan fingerprint density at radius 3 is 2.83 bits per heavy atom. The Morgan fingerprint density at radius 2 is 2.08 bits per heavy atom. The van der Waals surface area contributed by atoms with Crippen LogP contribution in [-0.2, 0) is 6.42 Å². The summed E-state index contributed by atoms with van der Waals surface area (Å²) in [5.41, 5.74) is 1.49. The first-order valence-electron chi connectivity index (χ1n) is 4.31. The fourth-order valence-corrected chi connectivity index (χ4v) is 2.55. The van der Waals surface area contributed by atoms with Gasteiger partial charge in [0.25, 0.3) is 0 Å². The average molecular weight is 198 g/mol. The van der Waals surface area contributed by atoms with Gasteiger partial charge in [0.2, 0.25) is 0 Å². The molecule has 0 nitrogen and oxygen atoms in total. The van der Waals surface area contributed by atoms with Gasteiger partial charge in [-0.3, -0.25) is 0 Å². The topological polar surface area (TPSA) is 0 Å². The zero-order valence-electron chi connectivity index (χ0n) is 7.50. The van der Waals surface area contributed by atoms with Gasteiger partial charge in [0, 0.05) is 15.5 Å². The minimum atomic E-state index is 1.08. The predicted octanol–water partition coefficient (Wildman–Crippen LogP) is 3.65. The van der Waals surface area contributed by atoms with E-state index < -0.39 is 0 Å². The average Bonchev–Trinajstić information content (AvgIpc) is 2.54. The summed E-state index contributed by atoms with van der Waals surface area (Å²) >= 11 is 6.20. The third-order valence-corrected chi connectivity index (χ3v) is 3.06. The minimum Gasteiger partial charge on any atom is -0.143 e. The van der Waals surface area contributed by atoms with Crippen LogP contribution in [0.5, 0.6) is 0 Å². The van der Waals surface area contributed by atoms with Crippen molar-refractivity contribution in [2.75, 3.05) is 5.75 Å². The molecule has 0 saturated carbocycles. The van der Waals surface area contributed by atoms with Gasteiger partial charge in [0.15, 0.2) is 0 Å². The van der Waals surface area contributed by atoms with Crippen molar-refractivity contribution < 1.29 is 0 Å². The van der Waals surface area contributed by atoms with E-state index in [2.05, 4.69) is 30.8 Å². The summed E-state index contributed by atoms with van der Waals surface area (Å²) in [6.45, 7) is 4.00. The molecule has 0 saturated heterocycles. The predicted molar refractivity (Wildman–Crippen MR) is 59.5 cm³/mol. The van der Waals surface area contributed by atoms with Crippen LogP contribution in [0.25, 0.3) is 0 Å². The molecule has 0 amide bonds. The number of aryl methyl sites for hydroxylation is 1. The van der Waals surface area contributed by atoms with Crippen molar-refractivity contribution in [3.63, 3.8) is 0 Å². The number of rotatable bonds is 0. The monoisotopic (exact) mass is 198 g/mol. The van der Waals surface area contributed by atoms with Crippen LogP contribution in [0.1, 0.15) is 19.4 Å². The molecular weight excluding hydrogens is 184 g/mol. The number of hydrogen-bond acceptors (Lipinski definition) is 2. The molecule has 2 heteroatoms. The van der Waals surface area contributed by atoms with E-state index in [1.807, 2.05) is 25.6 Å². The highest BCUT2D eigenvalue weighted by Gasteiger charge is 2.09. The van der Waals surface area contributed by atoms with Crippen LogP contribution >= 0.6 is 24.4 Å². The van der Waals surface area contributed by atoms with E-state index in [1.165, 1.54) is 22.6 Å². The zero-order valence-corrected chi connectivity index (χ0v) is 9.21. The number of thioether (sulfide) groups is 1. The van der Waals surface area contributed by atoms with Crippen molar-refractivity contribution in [2.24, 2.45) is 0 Å². The Balaban J connectivity index is 0.000000336. The van der Waals surface area contributed by atoms with Gasteiger partial charge < -0.3 is 0 Å². The van der Waals surface area contributed by atoms with Crippen LogP contribution in [-0.4, -0.2) is 5.75 Å². The number of fused-ring (bicyclic) bond motifs is 1. The lowest BCUT2D eigenvalue weighted by molar-refractivity contribution is 1.13. The first kappa shape index (κ1) is 10.0. The van der Waals surface area contributed by atoms with Crippen molar-refractivity contribution in [3.05, 3.63) is 23.8 Å². The van der Waals surface area contributed by atoms with Crippen molar-refractivity contribution in [1.82, 2.24) is 0 Å². The second kappa shape index (κ2) is 4.83. The summed E-state index contributed by atoms with van der Waals surface area (Å²) in [5.74, 6) is 1.24. The second-order valence-corrected chi connectivity index (χ2v) is 4.04. The Morgan fingerprint density at radius 1 is 1.33 bits per heavy atom. The molecule has 0 N–H and O–H groups in total. The van der Waals surface area contributed by atoms with Crippen LogP contribution in [0.4, 0.5) is 0 Å². The molecule has 12 heavy (non-hydrogen) atoms. The number of hydrogen-bond donors (Lipinski definition) is 1. The molecule has 66 valence electrons. The van der Waals surface area contributed by atoms with Gasteiger partial charge in [-0.25, -0.2) is 0 Å². The van der Waals surface area contributed by atoms with E-state index in [0.29, 0.717) is 0 Å². The lowest BCUT2D eigenvalue weighted by Crippen LogP contribution is -1.78. The summed E-state index contributed by atoms with van der Waals surface area (Å²) in [7, 11) is 0. The molecule has 0 aromatic heterocycles. The highest BCUT2D eigenvalue weighted by molar-refractivity contribution is 7.99. The molecular formula is C10H14S2. The van der Waals surface area contributed by atoms with E-state index in [4.69, 9.17) is 0 Å². The Hall–Kier alpha value is -0.0800. The van der Waals surface area contributed by atoms with E-state index >= 15 is 0 Å². The highest BCUT2D eigenvalue weighted by atomic mass is 32.2. The normalized spacial score (nSPS) is 13.2. The molecule has 0 aliphatic carbocycles. The van der Waals surface area contributed by atoms with Gasteiger partial charge >= 0.3 is 0 Å². The minimum absolute atomic E-state index is 1.08. The van der Waals surface area contributed by atoms with Crippen molar-refractivity contribution in [2.45, 2.75) is 30.1 Å². The molecule has 0 bridgehead atoms. The van der Waals surface area contributed by atoms with Gasteiger partial charge in [-0.05, 0) is 24.1 Å². The fourth-order valence-electron chi connectivity index (χ4n) is 1.16. The molecule has 2 rings (SSSR count). The third-order valence-electron chi connectivity index (χ3n) is 1.68. The molecule has 0 atom stereocenters. The second-order valence-electron chi connectivity index (χ2n) is 2.39. The summed E-state index contributed by atoms with van der Waals surface area (Å²) in [4.78, 5) is 2.50. The molecule has 1 aliphatic heterocycles. The van der Waals surface area contributed by atoms with E-state index in [1.54, 1.807) is 0 Å². The summed E-state index contributed by atoms with van der Waals surface area (Å²) in [5, 5.41) is 0. The zero-order chi connectivity index (χ0) is 8.97. The quantitative estimate of drug-likeness (QED) is 0.621. The van der Waals surface area contributed by atoms with Crippen molar-refractivity contribution in [3.8, 4) is 0 Å². The van der Waals surface area contributed by atoms with Crippen molar-refractivity contribution >= 4 is 24.4 Å². The lowest BCUT2D eigenvalue weighted by atomic mass is 10.2. The Labute approximate surface area is 84.2 Å². The van der Waals surface area contributed by atoms with Crippen LogP contribution in [0.2, 0.25) is 0 Å². The summed E-state index contributed by atoms with van der Waals surface area (Å²) < 4.78 is 0. The summed E-state index contributed by atoms with van der Waals surface area (Å²) in [6, 6.07) is 6.39. The Bertz CT molecular complexity index is 256. The molecule has 0 radical (unpaired) electrons. The van der Waals surface area contributed by atoms with Crippen LogP contribution in [0.15, 0.2) is 28.0 Å². The Kier molecular flexibility index (Phi) is 4.02. The maximum absolute atomic E-state index is 4.27. The molecule has 1 aromatic rings. The molecule has 0 fully saturated rings. The highest BCUT2D eigenvalue weighted by Crippen LogP contribution is 2.32. The van der Waals surface area contributed by atoms with E-state index in [9.17, 15) is 0 Å². The smallest absolute Gasteiger partial charge is 0.0115 e. The maximum Gasteiger partial charge on any atom is 0.0115 e. The molecule has 1 aromatic carbocycles. The fraction of sp³-hybridized carbons (Fsp3) is 0.400. The molecule has 1 aliphatic rings. The third kappa shape index (κ3) is 2.20. The van der Waals surface area contributed by atoms with Gasteiger partial charge in [-0.15, -0.1) is 24.4 Å². The maximum atomic E-state index is 4.27. The largest absolute Gasteiger partial charge is 0.143 e. The van der Waals surface area contributed by atoms with Gasteiger partial charge in [0.1, 0.15) is 0 Å². The lowest BCUT2D eigenvalue weighted by Gasteiger charge is -1.96. The molecule has 1 heterocycles. The first-order chi connectivity index (χ1) is 5.86. The standard InChI is InChI=1S/C8H8S2.C2H6/c9-7-2-1-6-3-4-10-8(6)5-7;1-2/h1-2,5,9H,3-4H2;1-2H3. The van der Waals surface area contributed by atoms with Gasteiger partial charge in [-0.1, -0.05) is 19.9 Å². The van der Waals surface area contributed by atoms with Gasteiger partial charge in [0.05, 0.1) is 0 Å². The van der Waals surface area contributed by atoms with Crippen LogP contribution < -0.4 is 0 Å². The summed E-state index contributed by atoms with van der Waals surface area (Å²) in [6.07, 6.45) is 1.23. The molecule has 0 unspecified atom stereocenters. The SMILES string of the molecule is CC.Sc1ccc2c(c1)SCC2.